The molecular formula is C20H33N3O5S. The fourth-order valence-corrected chi connectivity index (χ4v) is 4.86. The number of nitrogens with one attached hydrogen (secondary N) is 1. The number of ether oxygens (including phenoxy) is 1. The van der Waals surface area contributed by atoms with Crippen LogP contribution in [0.4, 0.5) is 0 Å². The molecule has 164 valence electrons. The molecule has 1 aliphatic heterocycles. The molecule has 1 saturated heterocycles. The van der Waals surface area contributed by atoms with Gasteiger partial charge in [-0.15, -0.1) is 0 Å². The molecule has 29 heavy (non-hydrogen) atoms. The second-order valence-corrected chi connectivity index (χ2v) is 11.8. The van der Waals surface area contributed by atoms with Crippen LogP contribution in [0, 0.1) is 5.92 Å². The minimum absolute atomic E-state index is 0.00674. The van der Waals surface area contributed by atoms with Crippen LogP contribution < -0.4 is 5.32 Å². The van der Waals surface area contributed by atoms with E-state index in [4.69, 9.17) is 4.74 Å². The van der Waals surface area contributed by atoms with Crippen molar-refractivity contribution in [2.45, 2.75) is 57.6 Å². The number of sulfone groups is 1. The molecule has 2 rings (SSSR count). The highest BCUT2D eigenvalue weighted by Crippen LogP contribution is 2.25. The normalized spacial score (nSPS) is 16.6. The quantitative estimate of drug-likeness (QED) is 0.663. The van der Waals surface area contributed by atoms with Gasteiger partial charge in [0.05, 0.1) is 18.0 Å². The van der Waals surface area contributed by atoms with Crippen molar-refractivity contribution in [3.05, 3.63) is 17.5 Å². The molecule has 1 fully saturated rings. The lowest BCUT2D eigenvalue weighted by Gasteiger charge is -2.28. The number of amides is 1. The lowest BCUT2D eigenvalue weighted by Crippen LogP contribution is -2.51. The summed E-state index contributed by atoms with van der Waals surface area (Å²) in [6.45, 7) is 9.58. The average Bonchev–Trinajstić information content (AvgIpc) is 3.02. The van der Waals surface area contributed by atoms with Crippen molar-refractivity contribution in [3.63, 3.8) is 0 Å². The maximum atomic E-state index is 12.8. The summed E-state index contributed by atoms with van der Waals surface area (Å²) in [6.07, 6.45) is 1.35. The van der Waals surface area contributed by atoms with E-state index < -0.39 is 20.5 Å². The molecule has 9 heteroatoms. The number of aromatic nitrogens is 2. The molecule has 0 aliphatic carbocycles. The minimum Gasteiger partial charge on any atom is -0.381 e. The van der Waals surface area contributed by atoms with E-state index in [9.17, 15) is 18.0 Å². The summed E-state index contributed by atoms with van der Waals surface area (Å²) in [5, 5.41) is 6.87. The molecule has 8 nitrogen and oxygen atoms in total. The van der Waals surface area contributed by atoms with Crippen LogP contribution in [-0.2, 0) is 31.8 Å². The highest BCUT2D eigenvalue weighted by molar-refractivity contribution is 7.93. The van der Waals surface area contributed by atoms with Gasteiger partial charge < -0.3 is 10.1 Å². The van der Waals surface area contributed by atoms with Crippen molar-refractivity contribution in [2.75, 3.05) is 25.5 Å². The zero-order valence-corrected chi connectivity index (χ0v) is 19.1. The molecule has 0 unspecified atom stereocenters. The summed E-state index contributed by atoms with van der Waals surface area (Å²) < 4.78 is 30.8. The number of aryl methyl sites for hydroxylation is 1. The van der Waals surface area contributed by atoms with Crippen molar-refractivity contribution in [3.8, 4) is 0 Å². The van der Waals surface area contributed by atoms with E-state index in [1.54, 1.807) is 13.1 Å². The molecule has 0 saturated carbocycles. The van der Waals surface area contributed by atoms with Gasteiger partial charge in [-0.2, -0.15) is 5.10 Å². The zero-order chi connectivity index (χ0) is 22.0. The zero-order valence-electron chi connectivity index (χ0n) is 18.2. The number of rotatable bonds is 7. The summed E-state index contributed by atoms with van der Waals surface area (Å²) in [5.74, 6) is -1.05. The summed E-state index contributed by atoms with van der Waals surface area (Å²) >= 11 is 0. The SMILES string of the molecule is Cn1nc(C(C)(C)C)cc1C(=O)CNC(=O)C(C)(C)S(=O)(=O)CC1CCOCC1. The monoisotopic (exact) mass is 427 g/mol. The van der Waals surface area contributed by atoms with Crippen molar-refractivity contribution in [2.24, 2.45) is 13.0 Å². The van der Waals surface area contributed by atoms with Crippen LogP contribution in [0.15, 0.2) is 6.07 Å². The minimum atomic E-state index is -3.69. The second kappa shape index (κ2) is 8.55. The molecule has 0 spiro atoms. The number of Topliss-reactive ketones (excluding diaryl/α,β-unsaturated/α-hetero) is 1. The molecule has 1 aromatic rings. The molecule has 1 N–H and O–H groups in total. The lowest BCUT2D eigenvalue weighted by molar-refractivity contribution is -0.122. The first-order valence-electron chi connectivity index (χ1n) is 9.92. The molecule has 1 amide bonds. The van der Waals surface area contributed by atoms with E-state index in [-0.39, 0.29) is 29.4 Å². The lowest BCUT2D eigenvalue weighted by atomic mass is 9.92. The fraction of sp³-hybridized carbons (Fsp3) is 0.750. The van der Waals surface area contributed by atoms with Crippen LogP contribution in [0.3, 0.4) is 0 Å². The molecule has 1 aliphatic rings. The highest BCUT2D eigenvalue weighted by Gasteiger charge is 2.43. The van der Waals surface area contributed by atoms with Crippen molar-refractivity contribution in [1.82, 2.24) is 15.1 Å². The first-order valence-corrected chi connectivity index (χ1v) is 11.6. The van der Waals surface area contributed by atoms with Gasteiger partial charge in [-0.05, 0) is 38.7 Å². The predicted molar refractivity (Wildman–Crippen MR) is 111 cm³/mol. The van der Waals surface area contributed by atoms with E-state index >= 15 is 0 Å². The summed E-state index contributed by atoms with van der Waals surface area (Å²) in [4.78, 5) is 25.2. The largest absolute Gasteiger partial charge is 0.381 e. The Kier molecular flexibility index (Phi) is 6.94. The Labute approximate surface area is 173 Å². The van der Waals surface area contributed by atoms with Crippen LogP contribution in [-0.4, -0.2) is 60.1 Å². The Hall–Kier alpha value is -1.74. The third-order valence-electron chi connectivity index (χ3n) is 5.46. The van der Waals surface area contributed by atoms with E-state index in [2.05, 4.69) is 10.4 Å². The molecule has 0 aromatic carbocycles. The fourth-order valence-electron chi connectivity index (χ4n) is 3.13. The maximum Gasteiger partial charge on any atom is 0.241 e. The molecule has 0 radical (unpaired) electrons. The predicted octanol–water partition coefficient (Wildman–Crippen LogP) is 1.64. The van der Waals surface area contributed by atoms with Gasteiger partial charge in [0.25, 0.3) is 0 Å². The number of carbonyl (C=O) groups excluding carboxylic acids is 2. The van der Waals surface area contributed by atoms with E-state index in [0.29, 0.717) is 31.7 Å². The van der Waals surface area contributed by atoms with Crippen LogP contribution in [0.2, 0.25) is 0 Å². The maximum absolute atomic E-state index is 12.8. The Balaban J connectivity index is 2.03. The van der Waals surface area contributed by atoms with Crippen LogP contribution in [0.25, 0.3) is 0 Å². The number of nitrogens with zero attached hydrogens (tertiary/aromatic N) is 2. The van der Waals surface area contributed by atoms with Gasteiger partial charge in [0.2, 0.25) is 5.91 Å². The molecule has 0 bridgehead atoms. The number of carbonyl (C=O) groups is 2. The van der Waals surface area contributed by atoms with Crippen molar-refractivity contribution < 1.29 is 22.7 Å². The van der Waals surface area contributed by atoms with Gasteiger partial charge in [-0.3, -0.25) is 14.3 Å². The van der Waals surface area contributed by atoms with Gasteiger partial charge >= 0.3 is 0 Å². The van der Waals surface area contributed by atoms with Gasteiger partial charge in [-0.1, -0.05) is 20.8 Å². The summed E-state index contributed by atoms with van der Waals surface area (Å²) in [6, 6.07) is 1.71. The number of hydrogen-bond donors (Lipinski definition) is 1. The molecular weight excluding hydrogens is 394 g/mol. The summed E-state index contributed by atoms with van der Waals surface area (Å²) in [5.41, 5.74) is 0.937. The van der Waals surface area contributed by atoms with Crippen LogP contribution in [0.5, 0.6) is 0 Å². The first kappa shape index (κ1) is 23.5. The van der Waals surface area contributed by atoms with Gasteiger partial charge in [-0.25, -0.2) is 8.42 Å². The topological polar surface area (TPSA) is 107 Å². The van der Waals surface area contributed by atoms with Crippen LogP contribution in [0.1, 0.15) is 63.6 Å². The third-order valence-corrected chi connectivity index (χ3v) is 8.11. The van der Waals surface area contributed by atoms with Crippen molar-refractivity contribution >= 4 is 21.5 Å². The third kappa shape index (κ3) is 5.45. The Morgan fingerprint density at radius 3 is 2.31 bits per heavy atom. The van der Waals surface area contributed by atoms with Crippen molar-refractivity contribution in [1.29, 1.82) is 0 Å². The molecule has 0 atom stereocenters. The Morgan fingerprint density at radius 1 is 1.21 bits per heavy atom. The van der Waals surface area contributed by atoms with Gasteiger partial charge in [0.15, 0.2) is 15.6 Å². The molecule has 1 aromatic heterocycles. The summed E-state index contributed by atoms with van der Waals surface area (Å²) in [7, 11) is -2.02. The average molecular weight is 428 g/mol. The van der Waals surface area contributed by atoms with Gasteiger partial charge in [0.1, 0.15) is 10.4 Å². The second-order valence-electron chi connectivity index (χ2n) is 9.24. The van der Waals surface area contributed by atoms with E-state index in [1.807, 2.05) is 20.8 Å². The van der Waals surface area contributed by atoms with Crippen LogP contribution >= 0.6 is 0 Å². The smallest absolute Gasteiger partial charge is 0.241 e. The molecule has 2 heterocycles. The number of ketones is 1. The standard InChI is InChI=1S/C20H33N3O5S/c1-19(2,3)17-11-15(23(6)22-17)16(24)12-21-18(25)20(4,5)29(26,27)13-14-7-9-28-10-8-14/h11,14H,7-10,12-13H2,1-6H3,(H,21,25). The first-order chi connectivity index (χ1) is 13.3. The van der Waals surface area contributed by atoms with E-state index in [0.717, 1.165) is 5.69 Å². The van der Waals surface area contributed by atoms with E-state index in [1.165, 1.54) is 18.5 Å². The van der Waals surface area contributed by atoms with Gasteiger partial charge in [0, 0.05) is 25.7 Å². The Bertz CT molecular complexity index is 859. The highest BCUT2D eigenvalue weighted by atomic mass is 32.2. The Morgan fingerprint density at radius 2 is 1.79 bits per heavy atom. The number of hydrogen-bond acceptors (Lipinski definition) is 6.